The van der Waals surface area contributed by atoms with E-state index in [0.717, 1.165) is 5.56 Å². The molecule has 8 heteroatoms. The second kappa shape index (κ2) is 7.63. The van der Waals surface area contributed by atoms with E-state index in [1.165, 1.54) is 23.5 Å². The Bertz CT molecular complexity index is 1280. The van der Waals surface area contributed by atoms with E-state index in [0.29, 0.717) is 33.0 Å². The molecule has 1 aromatic heterocycles. The molecule has 0 saturated heterocycles. The first-order chi connectivity index (χ1) is 15.0. The largest absolute Gasteiger partial charge is 0.454 e. The second-order valence-electron chi connectivity index (χ2n) is 6.89. The van der Waals surface area contributed by atoms with Gasteiger partial charge >= 0.3 is 11.9 Å². The summed E-state index contributed by atoms with van der Waals surface area (Å²) in [6.45, 7) is -0.178. The molecule has 156 valence electrons. The van der Waals surface area contributed by atoms with Gasteiger partial charge in [0.2, 0.25) is 6.79 Å². The van der Waals surface area contributed by atoms with Gasteiger partial charge in [-0.2, -0.15) is 8.78 Å². The SMILES string of the molecule is O=C(OCc1csc(-c2ccc3c(c2)OCO3)n1)C(F)(F)c1cccc2ccccc12. The van der Waals surface area contributed by atoms with Crippen molar-refractivity contribution in [2.75, 3.05) is 6.79 Å². The third-order valence-electron chi connectivity index (χ3n) is 4.91. The zero-order valence-electron chi connectivity index (χ0n) is 16.0. The van der Waals surface area contributed by atoms with Gasteiger partial charge in [-0.15, -0.1) is 11.3 Å². The second-order valence-corrected chi connectivity index (χ2v) is 7.75. The number of hydrogen-bond acceptors (Lipinski definition) is 6. The number of aromatic nitrogens is 1. The molecule has 0 amide bonds. The number of nitrogens with zero attached hydrogens (tertiary/aromatic N) is 1. The van der Waals surface area contributed by atoms with Crippen molar-refractivity contribution < 1.29 is 27.8 Å². The van der Waals surface area contributed by atoms with Crippen LogP contribution in [-0.4, -0.2) is 17.7 Å². The Morgan fingerprint density at radius 3 is 2.77 bits per heavy atom. The molecule has 0 radical (unpaired) electrons. The van der Waals surface area contributed by atoms with Gasteiger partial charge in [0.05, 0.1) is 5.69 Å². The Kier molecular flexibility index (Phi) is 4.78. The number of halogens is 2. The molecule has 0 spiro atoms. The van der Waals surface area contributed by atoms with Crippen molar-refractivity contribution in [3.63, 3.8) is 0 Å². The number of esters is 1. The van der Waals surface area contributed by atoms with E-state index in [4.69, 9.17) is 14.2 Å². The van der Waals surface area contributed by atoms with Crippen molar-refractivity contribution in [1.29, 1.82) is 0 Å². The molecule has 0 fully saturated rings. The Morgan fingerprint density at radius 1 is 1.06 bits per heavy atom. The van der Waals surface area contributed by atoms with Gasteiger partial charge in [-0.25, -0.2) is 9.78 Å². The summed E-state index contributed by atoms with van der Waals surface area (Å²) in [5.74, 6) is -4.11. The lowest BCUT2D eigenvalue weighted by Crippen LogP contribution is -2.28. The van der Waals surface area contributed by atoms with Gasteiger partial charge < -0.3 is 14.2 Å². The minimum Gasteiger partial charge on any atom is -0.454 e. The highest BCUT2D eigenvalue weighted by Gasteiger charge is 2.44. The van der Waals surface area contributed by atoms with Crippen LogP contribution in [0.15, 0.2) is 66.0 Å². The molecule has 5 nitrogen and oxygen atoms in total. The lowest BCUT2D eigenvalue weighted by molar-refractivity contribution is -0.175. The molecule has 3 aromatic carbocycles. The zero-order valence-corrected chi connectivity index (χ0v) is 16.8. The predicted molar refractivity (Wildman–Crippen MR) is 111 cm³/mol. The maximum Gasteiger partial charge on any atom is 0.382 e. The van der Waals surface area contributed by atoms with Crippen molar-refractivity contribution >= 4 is 28.1 Å². The number of hydrogen-bond donors (Lipinski definition) is 0. The Balaban J connectivity index is 1.31. The van der Waals surface area contributed by atoms with E-state index in [1.54, 1.807) is 47.8 Å². The maximum absolute atomic E-state index is 14.9. The molecule has 0 aliphatic carbocycles. The van der Waals surface area contributed by atoms with Crippen molar-refractivity contribution in [1.82, 2.24) is 4.98 Å². The lowest BCUT2D eigenvalue weighted by atomic mass is 10.00. The summed E-state index contributed by atoms with van der Waals surface area (Å²) in [6.07, 6.45) is 0. The molecular formula is C23H15F2NO4S. The molecule has 1 aliphatic heterocycles. The van der Waals surface area contributed by atoms with Crippen molar-refractivity contribution in [3.8, 4) is 22.1 Å². The van der Waals surface area contributed by atoms with Crippen LogP contribution in [0.5, 0.6) is 11.5 Å². The van der Waals surface area contributed by atoms with Gasteiger partial charge in [0.25, 0.3) is 0 Å². The van der Waals surface area contributed by atoms with Gasteiger partial charge in [-0.05, 0) is 29.0 Å². The monoisotopic (exact) mass is 439 g/mol. The van der Waals surface area contributed by atoms with Crippen LogP contribution in [0.2, 0.25) is 0 Å². The van der Waals surface area contributed by atoms with Crippen LogP contribution in [0.1, 0.15) is 11.3 Å². The van der Waals surface area contributed by atoms with Gasteiger partial charge in [-0.1, -0.05) is 42.5 Å². The van der Waals surface area contributed by atoms with E-state index in [1.807, 2.05) is 6.07 Å². The molecule has 0 saturated carbocycles. The molecule has 2 heterocycles. The van der Waals surface area contributed by atoms with Crippen LogP contribution in [-0.2, 0) is 22.1 Å². The number of benzene rings is 3. The predicted octanol–water partition coefficient (Wildman–Crippen LogP) is 5.53. The van der Waals surface area contributed by atoms with E-state index in [-0.39, 0.29) is 19.0 Å². The fourth-order valence-corrected chi connectivity index (χ4v) is 4.18. The quantitative estimate of drug-likeness (QED) is 0.383. The van der Waals surface area contributed by atoms with Crippen molar-refractivity contribution in [3.05, 3.63) is 77.3 Å². The van der Waals surface area contributed by atoms with Gasteiger partial charge in [0.15, 0.2) is 11.5 Å². The number of thiazole rings is 1. The summed E-state index contributed by atoms with van der Waals surface area (Å²) in [5, 5.41) is 3.26. The normalized spacial score (nSPS) is 12.8. The van der Waals surface area contributed by atoms with E-state index in [9.17, 15) is 13.6 Å². The van der Waals surface area contributed by atoms with Crippen LogP contribution >= 0.6 is 11.3 Å². The lowest BCUT2D eigenvalue weighted by Gasteiger charge is -2.17. The first-order valence-electron chi connectivity index (χ1n) is 9.40. The summed E-state index contributed by atoms with van der Waals surface area (Å²) in [7, 11) is 0. The summed E-state index contributed by atoms with van der Waals surface area (Å²) in [6, 6.07) is 16.5. The first kappa shape index (κ1) is 19.4. The average Bonchev–Trinajstić information content (AvgIpc) is 3.45. The highest BCUT2D eigenvalue weighted by atomic mass is 32.1. The molecule has 0 bridgehead atoms. The molecule has 4 aromatic rings. The molecular weight excluding hydrogens is 424 g/mol. The summed E-state index contributed by atoms with van der Waals surface area (Å²) < 4.78 is 45.3. The third kappa shape index (κ3) is 3.59. The Hall–Kier alpha value is -3.52. The highest BCUT2D eigenvalue weighted by Crippen LogP contribution is 2.37. The van der Waals surface area contributed by atoms with Crippen LogP contribution < -0.4 is 9.47 Å². The average molecular weight is 439 g/mol. The topological polar surface area (TPSA) is 57.7 Å². The summed E-state index contributed by atoms with van der Waals surface area (Å²) in [5.41, 5.74) is 0.808. The number of carbonyl (C=O) groups is 1. The van der Waals surface area contributed by atoms with E-state index >= 15 is 0 Å². The van der Waals surface area contributed by atoms with Crippen LogP contribution in [0.4, 0.5) is 8.78 Å². The zero-order chi connectivity index (χ0) is 21.4. The van der Waals surface area contributed by atoms with Crippen molar-refractivity contribution in [2.24, 2.45) is 0 Å². The maximum atomic E-state index is 14.9. The van der Waals surface area contributed by atoms with Crippen LogP contribution in [0.3, 0.4) is 0 Å². The van der Waals surface area contributed by atoms with Gasteiger partial charge in [-0.3, -0.25) is 0 Å². The van der Waals surface area contributed by atoms with Crippen LogP contribution in [0, 0.1) is 0 Å². The van der Waals surface area contributed by atoms with Crippen molar-refractivity contribution in [2.45, 2.75) is 12.5 Å². The highest BCUT2D eigenvalue weighted by molar-refractivity contribution is 7.13. The third-order valence-corrected chi connectivity index (χ3v) is 5.85. The standard InChI is InChI=1S/C23H15F2NO4S/c24-23(25,18-7-3-5-14-4-1-2-6-17(14)18)22(27)28-11-16-12-31-21(26-16)15-8-9-19-20(10-15)30-13-29-19/h1-10,12H,11,13H2. The number of alkyl halides is 2. The molecule has 0 atom stereocenters. The van der Waals surface area contributed by atoms with E-state index < -0.39 is 11.9 Å². The minimum absolute atomic E-state index is 0.169. The Labute approximate surface area is 179 Å². The number of ether oxygens (including phenoxy) is 3. The molecule has 0 N–H and O–H groups in total. The first-order valence-corrected chi connectivity index (χ1v) is 10.3. The fourth-order valence-electron chi connectivity index (χ4n) is 3.37. The van der Waals surface area contributed by atoms with Gasteiger partial charge in [0, 0.05) is 16.5 Å². The fraction of sp³-hybridized carbons (Fsp3) is 0.130. The summed E-state index contributed by atoms with van der Waals surface area (Å²) in [4.78, 5) is 16.6. The van der Waals surface area contributed by atoms with Crippen LogP contribution in [0.25, 0.3) is 21.3 Å². The number of fused-ring (bicyclic) bond motifs is 2. The van der Waals surface area contributed by atoms with Gasteiger partial charge in [0.1, 0.15) is 11.6 Å². The summed E-state index contributed by atoms with van der Waals surface area (Å²) >= 11 is 1.32. The molecule has 31 heavy (non-hydrogen) atoms. The molecule has 0 unspecified atom stereocenters. The Morgan fingerprint density at radius 2 is 1.87 bits per heavy atom. The molecule has 5 rings (SSSR count). The number of carbonyl (C=O) groups excluding carboxylic acids is 1. The minimum atomic E-state index is -3.78. The smallest absolute Gasteiger partial charge is 0.382 e. The molecule has 1 aliphatic rings. The van der Waals surface area contributed by atoms with E-state index in [2.05, 4.69) is 4.98 Å². The number of rotatable bonds is 5.